The van der Waals surface area contributed by atoms with Crippen molar-refractivity contribution in [3.8, 4) is 0 Å². The molecule has 0 saturated carbocycles. The summed E-state index contributed by atoms with van der Waals surface area (Å²) in [7, 11) is 0. The van der Waals surface area contributed by atoms with Crippen molar-refractivity contribution in [2.24, 2.45) is 0 Å². The monoisotopic (exact) mass is 256 g/mol. The van der Waals surface area contributed by atoms with Gasteiger partial charge in [0.05, 0.1) is 0 Å². The van der Waals surface area contributed by atoms with Crippen LogP contribution in [0.15, 0.2) is 70.9 Å². The smallest absolute Gasteiger partial charge is 0.00291 e. The van der Waals surface area contributed by atoms with E-state index in [9.17, 15) is 0 Å². The molecule has 19 heavy (non-hydrogen) atoms. The summed E-state index contributed by atoms with van der Waals surface area (Å²) in [4.78, 5) is 0. The van der Waals surface area contributed by atoms with Gasteiger partial charge in [0.15, 0.2) is 0 Å². The maximum absolute atomic E-state index is 3.98. The van der Waals surface area contributed by atoms with E-state index in [4.69, 9.17) is 0 Å². The number of allylic oxidation sites excluding steroid dienone is 10. The highest BCUT2D eigenvalue weighted by Gasteiger charge is 1.99. The second kappa shape index (κ2) is 8.53. The minimum absolute atomic E-state index is 0.912. The third-order valence-corrected chi connectivity index (χ3v) is 3.31. The largest absolute Gasteiger partial charge is 0.0988 e. The molecule has 0 aliphatic rings. The molecule has 0 aromatic carbocycles. The third kappa shape index (κ3) is 6.81. The van der Waals surface area contributed by atoms with Crippen molar-refractivity contribution in [3.63, 3.8) is 0 Å². The summed E-state index contributed by atoms with van der Waals surface area (Å²) < 4.78 is 0. The Bertz CT molecular complexity index is 458. The standard InChI is InChI=1S/C19H28/c1-9-18(11-16(7)14(3)4)13-19(10-2)12-17(8)15(5)6/h9-12H,1,5,13H2,2-4,6-8H3/b17-12-,18-11+,19-10+. The van der Waals surface area contributed by atoms with Crippen LogP contribution in [0, 0.1) is 0 Å². The third-order valence-electron chi connectivity index (χ3n) is 3.31. The van der Waals surface area contributed by atoms with Crippen molar-refractivity contribution in [2.75, 3.05) is 0 Å². The Morgan fingerprint density at radius 3 is 1.89 bits per heavy atom. The zero-order chi connectivity index (χ0) is 15.0. The highest BCUT2D eigenvalue weighted by atomic mass is 14.1. The molecule has 0 aromatic rings. The Hall–Kier alpha value is -1.56. The van der Waals surface area contributed by atoms with Gasteiger partial charge in [-0.15, -0.1) is 0 Å². The average Bonchev–Trinajstić information content (AvgIpc) is 2.35. The number of hydrogen-bond donors (Lipinski definition) is 0. The normalized spacial score (nSPS) is 13.3. The van der Waals surface area contributed by atoms with Crippen LogP contribution in [0.3, 0.4) is 0 Å². The first-order valence-electron chi connectivity index (χ1n) is 6.78. The van der Waals surface area contributed by atoms with Gasteiger partial charge < -0.3 is 0 Å². The summed E-state index contributed by atoms with van der Waals surface area (Å²) in [5, 5.41) is 0. The lowest BCUT2D eigenvalue weighted by Gasteiger charge is -2.07. The summed E-state index contributed by atoms with van der Waals surface area (Å²) >= 11 is 0. The van der Waals surface area contributed by atoms with E-state index in [0.29, 0.717) is 0 Å². The van der Waals surface area contributed by atoms with Crippen molar-refractivity contribution in [1.82, 2.24) is 0 Å². The fraction of sp³-hybridized carbons (Fsp3) is 0.368. The first-order chi connectivity index (χ1) is 8.81. The van der Waals surface area contributed by atoms with Crippen LogP contribution < -0.4 is 0 Å². The summed E-state index contributed by atoms with van der Waals surface area (Å²) in [6.45, 7) is 20.5. The molecule has 0 rings (SSSR count). The Balaban J connectivity index is 5.18. The van der Waals surface area contributed by atoms with Gasteiger partial charge in [-0.2, -0.15) is 0 Å². The van der Waals surface area contributed by atoms with E-state index >= 15 is 0 Å². The highest BCUT2D eigenvalue weighted by Crippen LogP contribution is 2.19. The summed E-state index contributed by atoms with van der Waals surface area (Å²) in [5.41, 5.74) is 7.55. The lowest BCUT2D eigenvalue weighted by atomic mass is 9.98. The van der Waals surface area contributed by atoms with Gasteiger partial charge in [-0.3, -0.25) is 0 Å². The van der Waals surface area contributed by atoms with Crippen LogP contribution in [0.25, 0.3) is 0 Å². The molecule has 0 aliphatic heterocycles. The van der Waals surface area contributed by atoms with Gasteiger partial charge in [0.1, 0.15) is 0 Å². The number of rotatable bonds is 6. The second-order valence-corrected chi connectivity index (χ2v) is 5.25. The molecule has 0 spiro atoms. The average molecular weight is 256 g/mol. The van der Waals surface area contributed by atoms with Gasteiger partial charge >= 0.3 is 0 Å². The molecule has 0 atom stereocenters. The number of hydrogen-bond acceptors (Lipinski definition) is 0. The van der Waals surface area contributed by atoms with E-state index in [0.717, 1.165) is 12.0 Å². The molecule has 0 amide bonds. The van der Waals surface area contributed by atoms with E-state index < -0.39 is 0 Å². The maximum Gasteiger partial charge on any atom is -0.00291 e. The molecule has 0 saturated heterocycles. The lowest BCUT2D eigenvalue weighted by Crippen LogP contribution is -1.87. The van der Waals surface area contributed by atoms with E-state index in [1.54, 1.807) is 0 Å². The van der Waals surface area contributed by atoms with Crippen LogP contribution in [-0.2, 0) is 0 Å². The van der Waals surface area contributed by atoms with Crippen molar-refractivity contribution in [1.29, 1.82) is 0 Å². The van der Waals surface area contributed by atoms with Crippen LogP contribution in [-0.4, -0.2) is 0 Å². The van der Waals surface area contributed by atoms with E-state index in [1.165, 1.54) is 27.9 Å². The van der Waals surface area contributed by atoms with Crippen molar-refractivity contribution >= 4 is 0 Å². The summed E-state index contributed by atoms with van der Waals surface area (Å²) in [6, 6.07) is 0. The Morgan fingerprint density at radius 2 is 1.53 bits per heavy atom. The zero-order valence-corrected chi connectivity index (χ0v) is 13.4. The first-order valence-corrected chi connectivity index (χ1v) is 6.78. The van der Waals surface area contributed by atoms with Gasteiger partial charge in [-0.1, -0.05) is 54.2 Å². The molecule has 0 radical (unpaired) electrons. The van der Waals surface area contributed by atoms with Crippen LogP contribution >= 0.6 is 0 Å². The molecule has 0 heteroatoms. The topological polar surface area (TPSA) is 0 Å². The molecular formula is C19H28. The molecule has 0 bridgehead atoms. The summed E-state index contributed by atoms with van der Waals surface area (Å²) in [5.74, 6) is 0. The fourth-order valence-corrected chi connectivity index (χ4v) is 1.48. The molecule has 0 fully saturated rings. The highest BCUT2D eigenvalue weighted by molar-refractivity contribution is 5.39. The Labute approximate surface area is 119 Å². The molecule has 104 valence electrons. The molecule has 0 nitrogen and oxygen atoms in total. The van der Waals surface area contributed by atoms with Crippen LogP contribution in [0.2, 0.25) is 0 Å². The van der Waals surface area contributed by atoms with E-state index in [2.05, 4.69) is 66.0 Å². The van der Waals surface area contributed by atoms with Gasteiger partial charge in [0.2, 0.25) is 0 Å². The van der Waals surface area contributed by atoms with E-state index in [1.807, 2.05) is 13.0 Å². The SMILES string of the molecule is C=C/C(=C\C(C)=C(C)C)CC(=C/C)/C=C(/C)C(=C)C. The van der Waals surface area contributed by atoms with Crippen LogP contribution in [0.1, 0.15) is 48.0 Å². The molecule has 0 heterocycles. The van der Waals surface area contributed by atoms with Crippen molar-refractivity contribution in [2.45, 2.75) is 48.0 Å². The molecule has 0 aromatic heterocycles. The quantitative estimate of drug-likeness (QED) is 0.488. The Morgan fingerprint density at radius 1 is 0.947 bits per heavy atom. The fourth-order valence-electron chi connectivity index (χ4n) is 1.48. The maximum atomic E-state index is 3.98. The lowest BCUT2D eigenvalue weighted by molar-refractivity contribution is 1.17. The molecular weight excluding hydrogens is 228 g/mol. The van der Waals surface area contributed by atoms with Gasteiger partial charge in [-0.25, -0.2) is 0 Å². The van der Waals surface area contributed by atoms with Crippen molar-refractivity contribution < 1.29 is 0 Å². The minimum Gasteiger partial charge on any atom is -0.0988 e. The Kier molecular flexibility index (Phi) is 7.83. The zero-order valence-electron chi connectivity index (χ0n) is 13.4. The first kappa shape index (κ1) is 17.4. The predicted molar refractivity (Wildman–Crippen MR) is 89.3 cm³/mol. The minimum atomic E-state index is 0.912. The van der Waals surface area contributed by atoms with Crippen LogP contribution in [0.5, 0.6) is 0 Å². The summed E-state index contributed by atoms with van der Waals surface area (Å²) in [6.07, 6.45) is 9.43. The molecule has 0 unspecified atom stereocenters. The molecule has 0 aliphatic carbocycles. The van der Waals surface area contributed by atoms with Crippen LogP contribution in [0.4, 0.5) is 0 Å². The van der Waals surface area contributed by atoms with Gasteiger partial charge in [-0.05, 0) is 64.7 Å². The van der Waals surface area contributed by atoms with Crippen molar-refractivity contribution in [3.05, 3.63) is 70.9 Å². The van der Waals surface area contributed by atoms with Gasteiger partial charge in [0.25, 0.3) is 0 Å². The molecule has 0 N–H and O–H groups in total. The predicted octanol–water partition coefficient (Wildman–Crippen LogP) is 6.31. The van der Waals surface area contributed by atoms with Gasteiger partial charge in [0, 0.05) is 0 Å². The van der Waals surface area contributed by atoms with E-state index in [-0.39, 0.29) is 0 Å². The second-order valence-electron chi connectivity index (χ2n) is 5.25.